The molecule has 0 saturated carbocycles. The molecule has 0 atom stereocenters. The van der Waals surface area contributed by atoms with Gasteiger partial charge in [-0.25, -0.2) is 0 Å². The zero-order valence-corrected chi connectivity index (χ0v) is 13.4. The molecule has 0 saturated heterocycles. The van der Waals surface area contributed by atoms with Crippen LogP contribution < -0.4 is 5.48 Å². The molecule has 2 aromatic rings. The summed E-state index contributed by atoms with van der Waals surface area (Å²) in [5.41, 5.74) is 6.11. The molecule has 116 valence electrons. The lowest BCUT2D eigenvalue weighted by Gasteiger charge is -2.16. The second-order valence-electron chi connectivity index (χ2n) is 6.60. The third-order valence-corrected chi connectivity index (χ3v) is 3.20. The smallest absolute Gasteiger partial charge is 0.325 e. The number of carbonyl (C=O) groups excluding carboxylic acids is 1. The van der Waals surface area contributed by atoms with Crippen molar-refractivity contribution < 1.29 is 9.63 Å². The van der Waals surface area contributed by atoms with Crippen LogP contribution in [0.25, 0.3) is 11.1 Å². The van der Waals surface area contributed by atoms with Crippen molar-refractivity contribution in [1.29, 1.82) is 0 Å². The third kappa shape index (κ3) is 5.34. The minimum atomic E-state index is -0.228. The van der Waals surface area contributed by atoms with Crippen LogP contribution in [0.15, 0.2) is 54.6 Å². The fraction of sp³-hybridized carbons (Fsp3) is 0.316. The van der Waals surface area contributed by atoms with Gasteiger partial charge < -0.3 is 4.84 Å². The molecular formula is C19H23NO2. The maximum absolute atomic E-state index is 11.6. The number of carbonyl (C=O) groups is 1. The van der Waals surface area contributed by atoms with E-state index in [1.165, 1.54) is 11.1 Å². The van der Waals surface area contributed by atoms with Crippen molar-refractivity contribution in [2.45, 2.75) is 33.7 Å². The quantitative estimate of drug-likeness (QED) is 0.834. The fourth-order valence-electron chi connectivity index (χ4n) is 2.11. The maximum Gasteiger partial charge on any atom is 0.325 e. The first kappa shape index (κ1) is 16.2. The van der Waals surface area contributed by atoms with Crippen molar-refractivity contribution in [2.75, 3.05) is 0 Å². The molecule has 0 fully saturated rings. The summed E-state index contributed by atoms with van der Waals surface area (Å²) < 4.78 is 0. The Bertz CT molecular complexity index is 598. The molecule has 0 radical (unpaired) electrons. The van der Waals surface area contributed by atoms with Gasteiger partial charge in [-0.3, -0.25) is 4.79 Å². The summed E-state index contributed by atoms with van der Waals surface area (Å²) in [4.78, 5) is 16.7. The van der Waals surface area contributed by atoms with Gasteiger partial charge in [-0.15, -0.1) is 5.48 Å². The van der Waals surface area contributed by atoms with Gasteiger partial charge in [0.25, 0.3) is 0 Å². The number of benzene rings is 2. The summed E-state index contributed by atoms with van der Waals surface area (Å²) in [7, 11) is 0. The second kappa shape index (κ2) is 7.23. The minimum absolute atomic E-state index is 0.0594. The minimum Gasteiger partial charge on any atom is -0.370 e. The van der Waals surface area contributed by atoms with Crippen molar-refractivity contribution >= 4 is 5.97 Å². The fourth-order valence-corrected chi connectivity index (χ4v) is 2.11. The molecule has 0 amide bonds. The van der Waals surface area contributed by atoms with Gasteiger partial charge in [0.05, 0.1) is 13.0 Å². The van der Waals surface area contributed by atoms with E-state index in [9.17, 15) is 4.79 Å². The summed E-state index contributed by atoms with van der Waals surface area (Å²) in [6.07, 6.45) is 0.396. The highest BCUT2D eigenvalue weighted by molar-refractivity contribution is 5.69. The van der Waals surface area contributed by atoms with Gasteiger partial charge in [0, 0.05) is 0 Å². The van der Waals surface area contributed by atoms with Crippen molar-refractivity contribution in [3.05, 3.63) is 60.2 Å². The summed E-state index contributed by atoms with van der Waals surface area (Å²) in [5.74, 6) is -0.228. The lowest BCUT2D eigenvalue weighted by molar-refractivity contribution is -0.153. The molecule has 0 heterocycles. The van der Waals surface area contributed by atoms with Crippen LogP contribution in [0.2, 0.25) is 0 Å². The van der Waals surface area contributed by atoms with Gasteiger partial charge >= 0.3 is 5.97 Å². The van der Waals surface area contributed by atoms with Crippen LogP contribution in [-0.4, -0.2) is 5.97 Å². The molecule has 0 spiro atoms. The van der Waals surface area contributed by atoms with Crippen molar-refractivity contribution in [3.63, 3.8) is 0 Å². The molecule has 2 rings (SSSR count). The number of hydroxylamine groups is 1. The van der Waals surface area contributed by atoms with Crippen LogP contribution in [0.3, 0.4) is 0 Å². The molecule has 0 aliphatic rings. The van der Waals surface area contributed by atoms with Crippen LogP contribution in [0.1, 0.15) is 32.8 Å². The molecule has 0 bridgehead atoms. The molecular weight excluding hydrogens is 274 g/mol. The summed E-state index contributed by atoms with van der Waals surface area (Å²) in [6, 6.07) is 18.4. The molecule has 0 aliphatic heterocycles. The Balaban J connectivity index is 1.84. The third-order valence-electron chi connectivity index (χ3n) is 3.20. The Morgan fingerprint density at radius 3 is 2.14 bits per heavy atom. The van der Waals surface area contributed by atoms with E-state index in [4.69, 9.17) is 4.84 Å². The van der Waals surface area contributed by atoms with E-state index in [0.29, 0.717) is 13.0 Å². The highest BCUT2D eigenvalue weighted by Gasteiger charge is 2.17. The Labute approximate surface area is 132 Å². The highest BCUT2D eigenvalue weighted by Crippen LogP contribution is 2.20. The van der Waals surface area contributed by atoms with Crippen LogP contribution in [-0.2, 0) is 16.2 Å². The average Bonchev–Trinajstić information content (AvgIpc) is 2.47. The van der Waals surface area contributed by atoms with Crippen LogP contribution in [0.5, 0.6) is 0 Å². The molecule has 3 heteroatoms. The van der Waals surface area contributed by atoms with E-state index in [-0.39, 0.29) is 11.4 Å². The van der Waals surface area contributed by atoms with Gasteiger partial charge in [0.15, 0.2) is 0 Å². The average molecular weight is 297 g/mol. The Hall–Kier alpha value is -2.13. The first-order valence-corrected chi connectivity index (χ1v) is 7.51. The van der Waals surface area contributed by atoms with Gasteiger partial charge in [0.1, 0.15) is 0 Å². The summed E-state index contributed by atoms with van der Waals surface area (Å²) in [5, 5.41) is 0. The topological polar surface area (TPSA) is 38.3 Å². The van der Waals surface area contributed by atoms with E-state index in [0.717, 1.165) is 5.56 Å². The van der Waals surface area contributed by atoms with Crippen molar-refractivity contribution in [1.82, 2.24) is 5.48 Å². The zero-order valence-electron chi connectivity index (χ0n) is 13.4. The van der Waals surface area contributed by atoms with E-state index < -0.39 is 0 Å². The Morgan fingerprint density at radius 2 is 1.55 bits per heavy atom. The molecule has 0 unspecified atom stereocenters. The lowest BCUT2D eigenvalue weighted by Crippen LogP contribution is -2.23. The summed E-state index contributed by atoms with van der Waals surface area (Å²) in [6.45, 7) is 6.54. The highest BCUT2D eigenvalue weighted by atomic mass is 16.7. The monoisotopic (exact) mass is 297 g/mol. The van der Waals surface area contributed by atoms with E-state index in [1.807, 2.05) is 51.1 Å². The van der Waals surface area contributed by atoms with E-state index >= 15 is 0 Å². The predicted octanol–water partition coefficient (Wildman–Crippen LogP) is 4.34. The first-order valence-electron chi connectivity index (χ1n) is 7.51. The van der Waals surface area contributed by atoms with Crippen LogP contribution in [0.4, 0.5) is 0 Å². The van der Waals surface area contributed by atoms with Crippen molar-refractivity contribution in [2.24, 2.45) is 5.41 Å². The molecule has 3 nitrogen and oxygen atoms in total. The molecule has 1 N–H and O–H groups in total. The molecule has 2 aromatic carbocycles. The number of rotatable bonds is 5. The molecule has 22 heavy (non-hydrogen) atoms. The number of hydrogen-bond donors (Lipinski definition) is 1. The standard InChI is InChI=1S/C19H23NO2/c1-19(2,3)13-18(21)22-20-14-15-9-11-17(12-10-15)16-7-5-4-6-8-16/h4-12,20H,13-14H2,1-3H3. The Morgan fingerprint density at radius 1 is 0.955 bits per heavy atom. The van der Waals surface area contributed by atoms with E-state index in [2.05, 4.69) is 29.7 Å². The van der Waals surface area contributed by atoms with Gasteiger partial charge in [-0.1, -0.05) is 75.4 Å². The second-order valence-corrected chi connectivity index (χ2v) is 6.60. The zero-order chi connectivity index (χ0) is 16.0. The summed E-state index contributed by atoms with van der Waals surface area (Å²) >= 11 is 0. The van der Waals surface area contributed by atoms with Crippen LogP contribution in [0, 0.1) is 5.41 Å². The number of hydrogen-bond acceptors (Lipinski definition) is 3. The molecule has 0 aliphatic carbocycles. The number of nitrogens with one attached hydrogen (secondary N) is 1. The molecule has 0 aromatic heterocycles. The van der Waals surface area contributed by atoms with Gasteiger partial charge in [-0.2, -0.15) is 0 Å². The largest absolute Gasteiger partial charge is 0.370 e. The lowest BCUT2D eigenvalue weighted by atomic mass is 9.93. The van der Waals surface area contributed by atoms with Gasteiger partial charge in [-0.05, 0) is 22.1 Å². The van der Waals surface area contributed by atoms with Crippen molar-refractivity contribution in [3.8, 4) is 11.1 Å². The normalized spacial score (nSPS) is 11.2. The maximum atomic E-state index is 11.6. The van der Waals surface area contributed by atoms with Gasteiger partial charge in [0.2, 0.25) is 0 Å². The Kier molecular flexibility index (Phi) is 5.34. The predicted molar refractivity (Wildman–Crippen MR) is 88.9 cm³/mol. The van der Waals surface area contributed by atoms with E-state index in [1.54, 1.807) is 0 Å². The van der Waals surface area contributed by atoms with Crippen LogP contribution >= 0.6 is 0 Å². The first-order chi connectivity index (χ1) is 10.4. The SMILES string of the molecule is CC(C)(C)CC(=O)ONCc1ccc(-c2ccccc2)cc1.